The summed E-state index contributed by atoms with van der Waals surface area (Å²) >= 11 is 1.62. The van der Waals surface area contributed by atoms with Crippen LogP contribution in [0.15, 0.2) is 17.7 Å². The molecule has 1 unspecified atom stereocenters. The molecule has 1 atom stereocenters. The van der Waals surface area contributed by atoms with E-state index in [2.05, 4.69) is 39.0 Å². The average Bonchev–Trinajstić information content (AvgIpc) is 2.45. The fourth-order valence-electron chi connectivity index (χ4n) is 2.19. The van der Waals surface area contributed by atoms with E-state index in [0.29, 0.717) is 3.63 Å². The van der Waals surface area contributed by atoms with Crippen molar-refractivity contribution in [2.75, 3.05) is 0 Å². The predicted molar refractivity (Wildman–Crippen MR) is 56.9 cm³/mol. The molecule has 1 aliphatic rings. The molecule has 0 saturated carbocycles. The molecular formula is C13H15Zr. The molecule has 71 valence electrons. The molecule has 1 aromatic rings. The molecule has 0 aromatic heterocycles. The van der Waals surface area contributed by atoms with E-state index in [9.17, 15) is 0 Å². The van der Waals surface area contributed by atoms with Crippen LogP contribution in [0.25, 0.3) is 6.08 Å². The molecule has 0 radical (unpaired) electrons. The maximum absolute atomic E-state index is 2.39. The van der Waals surface area contributed by atoms with E-state index >= 15 is 0 Å². The van der Waals surface area contributed by atoms with Crippen LogP contribution >= 0.6 is 0 Å². The fraction of sp³-hybridized carbons (Fsp3) is 0.385. The summed E-state index contributed by atoms with van der Waals surface area (Å²) in [6, 6.07) is 4.56. The summed E-state index contributed by atoms with van der Waals surface area (Å²) in [5, 5.41) is 0. The summed E-state index contributed by atoms with van der Waals surface area (Å²) in [7, 11) is 0. The zero-order valence-electron chi connectivity index (χ0n) is 9.02. The van der Waals surface area contributed by atoms with E-state index in [1.165, 1.54) is 16.7 Å². The van der Waals surface area contributed by atoms with Gasteiger partial charge in [0.05, 0.1) is 0 Å². The van der Waals surface area contributed by atoms with Crippen molar-refractivity contribution < 1.29 is 24.7 Å². The quantitative estimate of drug-likeness (QED) is 0.726. The van der Waals surface area contributed by atoms with Crippen molar-refractivity contribution in [2.24, 2.45) is 0 Å². The Hall–Kier alpha value is -0.157. The topological polar surface area (TPSA) is 0 Å². The molecule has 0 saturated heterocycles. The Morgan fingerprint density at radius 1 is 1.29 bits per heavy atom. The van der Waals surface area contributed by atoms with Crippen LogP contribution < -0.4 is 0 Å². The SMILES string of the molecule is CCc1ccc(C)c2c1C=C(C)[CH]2[Zr]. The minimum absolute atomic E-state index is 0.712. The number of hydrogen-bond acceptors (Lipinski definition) is 0. The van der Waals surface area contributed by atoms with E-state index in [-0.39, 0.29) is 0 Å². The van der Waals surface area contributed by atoms with Crippen LogP contribution in [-0.2, 0) is 31.1 Å². The molecule has 0 heterocycles. The van der Waals surface area contributed by atoms with Gasteiger partial charge in [-0.2, -0.15) is 0 Å². The average molecular weight is 262 g/mol. The Kier molecular flexibility index (Phi) is 2.79. The summed E-state index contributed by atoms with van der Waals surface area (Å²) in [6.45, 7) is 6.74. The maximum atomic E-state index is 2.39. The van der Waals surface area contributed by atoms with Gasteiger partial charge >= 0.3 is 102 Å². The Bertz CT molecular complexity index is 402. The number of hydrogen-bond donors (Lipinski definition) is 0. The number of aryl methyl sites for hydroxylation is 2. The molecule has 0 bridgehead atoms. The second kappa shape index (κ2) is 3.78. The molecule has 1 heteroatoms. The first-order chi connectivity index (χ1) is 6.65. The minimum atomic E-state index is 0.712. The van der Waals surface area contributed by atoms with Crippen LogP contribution in [0, 0.1) is 6.92 Å². The van der Waals surface area contributed by atoms with Crippen LogP contribution in [-0.4, -0.2) is 0 Å². The first-order valence-corrected chi connectivity index (χ1v) is 6.58. The molecule has 0 aliphatic heterocycles. The van der Waals surface area contributed by atoms with Crippen molar-refractivity contribution in [1.82, 2.24) is 0 Å². The molecule has 0 amide bonds. The van der Waals surface area contributed by atoms with Crippen molar-refractivity contribution in [3.8, 4) is 0 Å². The second-order valence-electron chi connectivity index (χ2n) is 4.04. The van der Waals surface area contributed by atoms with Crippen LogP contribution in [0.4, 0.5) is 0 Å². The first-order valence-electron chi connectivity index (χ1n) is 5.16. The van der Waals surface area contributed by atoms with E-state index in [1.807, 2.05) is 0 Å². The van der Waals surface area contributed by atoms with Crippen LogP contribution in [0.5, 0.6) is 0 Å². The molecular weight excluding hydrogens is 247 g/mol. The summed E-state index contributed by atoms with van der Waals surface area (Å²) < 4.78 is 0.712. The molecule has 0 N–H and O–H groups in total. The van der Waals surface area contributed by atoms with Gasteiger partial charge in [0, 0.05) is 0 Å². The summed E-state index contributed by atoms with van der Waals surface area (Å²) in [5.41, 5.74) is 7.64. The molecule has 1 aromatic carbocycles. The van der Waals surface area contributed by atoms with Gasteiger partial charge in [0.2, 0.25) is 0 Å². The monoisotopic (exact) mass is 261 g/mol. The Morgan fingerprint density at radius 2 is 2.00 bits per heavy atom. The molecule has 0 nitrogen and oxygen atoms in total. The van der Waals surface area contributed by atoms with Gasteiger partial charge in [0.15, 0.2) is 0 Å². The van der Waals surface area contributed by atoms with Gasteiger partial charge in [-0.25, -0.2) is 0 Å². The standard InChI is InChI=1S/C13H15.Zr/c1-4-11-6-5-10(3)12-7-9(2)8-13(11)12;/h5-8H,4H2,1-3H3;. The number of allylic oxidation sites excluding steroid dienone is 1. The third-order valence-corrected chi connectivity index (χ3v) is 4.92. The Morgan fingerprint density at radius 3 is 2.64 bits per heavy atom. The van der Waals surface area contributed by atoms with E-state index in [4.69, 9.17) is 0 Å². The summed E-state index contributed by atoms with van der Waals surface area (Å²) in [4.78, 5) is 0. The number of rotatable bonds is 1. The fourth-order valence-corrected chi connectivity index (χ4v) is 3.34. The van der Waals surface area contributed by atoms with Gasteiger partial charge in [-0.3, -0.25) is 0 Å². The van der Waals surface area contributed by atoms with E-state index < -0.39 is 0 Å². The van der Waals surface area contributed by atoms with Gasteiger partial charge in [-0.05, 0) is 0 Å². The van der Waals surface area contributed by atoms with Gasteiger partial charge in [-0.1, -0.05) is 0 Å². The van der Waals surface area contributed by atoms with Crippen molar-refractivity contribution >= 4 is 6.08 Å². The molecule has 0 spiro atoms. The summed E-state index contributed by atoms with van der Waals surface area (Å²) in [6.07, 6.45) is 3.54. The predicted octanol–water partition coefficient (Wildman–Crippen LogP) is 3.56. The van der Waals surface area contributed by atoms with Crippen LogP contribution in [0.1, 0.15) is 39.7 Å². The Labute approximate surface area is 101 Å². The molecule has 2 rings (SSSR count). The van der Waals surface area contributed by atoms with E-state index in [0.717, 1.165) is 6.42 Å². The molecule has 1 aliphatic carbocycles. The third kappa shape index (κ3) is 1.46. The van der Waals surface area contributed by atoms with Crippen molar-refractivity contribution in [3.63, 3.8) is 0 Å². The van der Waals surface area contributed by atoms with Gasteiger partial charge in [0.25, 0.3) is 0 Å². The summed E-state index contributed by atoms with van der Waals surface area (Å²) in [5.74, 6) is 0. The number of benzene rings is 1. The first kappa shape index (κ1) is 10.4. The molecule has 14 heavy (non-hydrogen) atoms. The van der Waals surface area contributed by atoms with Crippen LogP contribution in [0.3, 0.4) is 0 Å². The van der Waals surface area contributed by atoms with Crippen molar-refractivity contribution in [1.29, 1.82) is 0 Å². The normalized spacial score (nSPS) is 19.3. The van der Waals surface area contributed by atoms with Gasteiger partial charge in [-0.15, -0.1) is 0 Å². The Balaban J connectivity index is 2.66. The zero-order chi connectivity index (χ0) is 10.3. The molecule has 0 fully saturated rings. The van der Waals surface area contributed by atoms with Crippen molar-refractivity contribution in [2.45, 2.75) is 30.8 Å². The van der Waals surface area contributed by atoms with Gasteiger partial charge < -0.3 is 0 Å². The van der Waals surface area contributed by atoms with Crippen LogP contribution in [0.2, 0.25) is 0 Å². The third-order valence-electron chi connectivity index (χ3n) is 3.09. The number of fused-ring (bicyclic) bond motifs is 1. The van der Waals surface area contributed by atoms with Crippen molar-refractivity contribution in [3.05, 3.63) is 40.0 Å². The van der Waals surface area contributed by atoms with Gasteiger partial charge in [0.1, 0.15) is 0 Å². The van der Waals surface area contributed by atoms with E-state index in [1.54, 1.807) is 35.9 Å². The second-order valence-corrected chi connectivity index (χ2v) is 5.46. The zero-order valence-corrected chi connectivity index (χ0v) is 11.5.